The Bertz CT molecular complexity index is 531. The predicted molar refractivity (Wildman–Crippen MR) is 97.8 cm³/mol. The number of hydrogen-bond donors (Lipinski definition) is 3. The van der Waals surface area contributed by atoms with Crippen LogP contribution in [0.5, 0.6) is 0 Å². The molecule has 0 aromatic heterocycles. The SMILES string of the molecule is CCN(C(=O)CN)C(CC(C)C)C(=O)NC(CC1CCC1)C(=O)C(N)=O. The van der Waals surface area contributed by atoms with Crippen LogP contribution in [-0.2, 0) is 19.2 Å². The fourth-order valence-electron chi connectivity index (χ4n) is 3.24. The maximum Gasteiger partial charge on any atom is 0.287 e. The van der Waals surface area contributed by atoms with E-state index in [0.717, 1.165) is 19.3 Å². The molecule has 2 unspecified atom stereocenters. The lowest BCUT2D eigenvalue weighted by molar-refractivity contribution is -0.142. The number of hydrogen-bond acceptors (Lipinski definition) is 5. The topological polar surface area (TPSA) is 136 Å². The Hall–Kier alpha value is -1.96. The third-order valence-corrected chi connectivity index (χ3v) is 4.88. The molecule has 0 spiro atoms. The van der Waals surface area contributed by atoms with Crippen LogP contribution in [0.3, 0.4) is 0 Å². The van der Waals surface area contributed by atoms with Crippen molar-refractivity contribution in [2.24, 2.45) is 23.3 Å². The van der Waals surface area contributed by atoms with Gasteiger partial charge in [-0.1, -0.05) is 33.1 Å². The van der Waals surface area contributed by atoms with Crippen molar-refractivity contribution >= 4 is 23.5 Å². The average molecular weight is 368 g/mol. The molecule has 148 valence electrons. The summed E-state index contributed by atoms with van der Waals surface area (Å²) in [5.41, 5.74) is 10.6. The van der Waals surface area contributed by atoms with Crippen LogP contribution in [0.25, 0.3) is 0 Å². The van der Waals surface area contributed by atoms with Gasteiger partial charge in [0.05, 0.1) is 12.6 Å². The molecule has 8 heteroatoms. The Balaban J connectivity index is 2.95. The van der Waals surface area contributed by atoms with Gasteiger partial charge in [-0.2, -0.15) is 0 Å². The zero-order valence-electron chi connectivity index (χ0n) is 16.0. The van der Waals surface area contributed by atoms with Gasteiger partial charge in [0.15, 0.2) is 0 Å². The minimum atomic E-state index is -1.06. The maximum absolute atomic E-state index is 12.9. The molecule has 1 aliphatic carbocycles. The number of likely N-dealkylation sites (N-methyl/N-ethyl adjacent to an activating group) is 1. The first-order valence-corrected chi connectivity index (χ1v) is 9.34. The second-order valence-electron chi connectivity index (χ2n) is 7.35. The fraction of sp³-hybridized carbons (Fsp3) is 0.778. The van der Waals surface area contributed by atoms with Gasteiger partial charge in [0.1, 0.15) is 6.04 Å². The van der Waals surface area contributed by atoms with Crippen molar-refractivity contribution in [2.45, 2.75) is 65.0 Å². The Labute approximate surface area is 155 Å². The standard InChI is InChI=1S/C18H32N4O4/c1-4-22(15(23)10-19)14(8-11(2)3)18(26)21-13(16(24)17(20)25)9-12-6-5-7-12/h11-14H,4-10,19H2,1-3H3,(H2,20,25)(H,21,26). The average Bonchev–Trinajstić information content (AvgIpc) is 2.54. The number of nitrogens with one attached hydrogen (secondary N) is 1. The van der Waals surface area contributed by atoms with Crippen molar-refractivity contribution in [2.75, 3.05) is 13.1 Å². The van der Waals surface area contributed by atoms with E-state index < -0.39 is 29.7 Å². The number of nitrogens with zero attached hydrogens (tertiary/aromatic N) is 1. The van der Waals surface area contributed by atoms with E-state index in [9.17, 15) is 19.2 Å². The van der Waals surface area contributed by atoms with Gasteiger partial charge < -0.3 is 21.7 Å². The van der Waals surface area contributed by atoms with E-state index in [-0.39, 0.29) is 18.4 Å². The Morgan fingerprint density at radius 3 is 2.19 bits per heavy atom. The number of ketones is 1. The van der Waals surface area contributed by atoms with Crippen LogP contribution in [0.1, 0.15) is 52.9 Å². The van der Waals surface area contributed by atoms with Crippen LogP contribution < -0.4 is 16.8 Å². The first-order valence-electron chi connectivity index (χ1n) is 9.34. The van der Waals surface area contributed by atoms with Crippen molar-refractivity contribution in [3.8, 4) is 0 Å². The summed E-state index contributed by atoms with van der Waals surface area (Å²) in [7, 11) is 0. The molecule has 2 atom stereocenters. The molecule has 26 heavy (non-hydrogen) atoms. The summed E-state index contributed by atoms with van der Waals surface area (Å²) in [5, 5.41) is 2.67. The monoisotopic (exact) mass is 368 g/mol. The molecule has 1 aliphatic rings. The van der Waals surface area contributed by atoms with Gasteiger partial charge in [-0.05, 0) is 31.6 Å². The lowest BCUT2D eigenvalue weighted by Gasteiger charge is -2.33. The van der Waals surface area contributed by atoms with Crippen LogP contribution in [-0.4, -0.2) is 53.6 Å². The molecule has 8 nitrogen and oxygen atoms in total. The van der Waals surface area contributed by atoms with Gasteiger partial charge in [-0.25, -0.2) is 0 Å². The number of nitrogens with two attached hydrogens (primary N) is 2. The highest BCUT2D eigenvalue weighted by Crippen LogP contribution is 2.30. The molecular weight excluding hydrogens is 336 g/mol. The van der Waals surface area contributed by atoms with Crippen LogP contribution in [0.2, 0.25) is 0 Å². The number of primary amides is 1. The highest BCUT2D eigenvalue weighted by Gasteiger charge is 2.34. The Morgan fingerprint density at radius 2 is 1.81 bits per heavy atom. The van der Waals surface area contributed by atoms with Gasteiger partial charge in [0, 0.05) is 6.54 Å². The summed E-state index contributed by atoms with van der Waals surface area (Å²) >= 11 is 0. The number of amides is 3. The molecule has 0 radical (unpaired) electrons. The summed E-state index contributed by atoms with van der Waals surface area (Å²) in [6.45, 7) is 5.80. The first-order chi connectivity index (χ1) is 12.2. The Morgan fingerprint density at radius 1 is 1.19 bits per heavy atom. The van der Waals surface area contributed by atoms with Crippen LogP contribution in [0, 0.1) is 11.8 Å². The fourth-order valence-corrected chi connectivity index (χ4v) is 3.24. The molecule has 0 aromatic carbocycles. The quantitative estimate of drug-likeness (QED) is 0.439. The summed E-state index contributed by atoms with van der Waals surface area (Å²) < 4.78 is 0. The van der Waals surface area contributed by atoms with Crippen molar-refractivity contribution < 1.29 is 19.2 Å². The molecule has 1 rings (SSSR count). The normalized spacial score (nSPS) is 16.5. The van der Waals surface area contributed by atoms with Crippen LogP contribution in [0.15, 0.2) is 0 Å². The van der Waals surface area contributed by atoms with E-state index in [1.54, 1.807) is 6.92 Å². The van der Waals surface area contributed by atoms with Crippen molar-refractivity contribution in [1.29, 1.82) is 0 Å². The minimum Gasteiger partial charge on any atom is -0.363 e. The van der Waals surface area contributed by atoms with Crippen molar-refractivity contribution in [3.05, 3.63) is 0 Å². The smallest absolute Gasteiger partial charge is 0.287 e. The van der Waals surface area contributed by atoms with Crippen LogP contribution >= 0.6 is 0 Å². The van der Waals surface area contributed by atoms with E-state index in [0.29, 0.717) is 25.3 Å². The number of carbonyl (C=O) groups excluding carboxylic acids is 4. The van der Waals surface area contributed by atoms with Crippen molar-refractivity contribution in [1.82, 2.24) is 10.2 Å². The number of Topliss-reactive ketones (excluding diaryl/α,β-unsaturated/α-hetero) is 1. The zero-order chi connectivity index (χ0) is 19.9. The third kappa shape index (κ3) is 6.09. The summed E-state index contributed by atoms with van der Waals surface area (Å²) in [5.74, 6) is -2.16. The van der Waals surface area contributed by atoms with Gasteiger partial charge in [-0.3, -0.25) is 19.2 Å². The molecule has 1 fully saturated rings. The lowest BCUT2D eigenvalue weighted by atomic mass is 9.80. The highest BCUT2D eigenvalue weighted by molar-refractivity contribution is 6.37. The van der Waals surface area contributed by atoms with E-state index in [1.165, 1.54) is 4.90 Å². The molecule has 5 N–H and O–H groups in total. The number of carbonyl (C=O) groups is 4. The van der Waals surface area contributed by atoms with Gasteiger partial charge >= 0.3 is 0 Å². The second kappa shape index (κ2) is 10.3. The second-order valence-corrected chi connectivity index (χ2v) is 7.35. The summed E-state index contributed by atoms with van der Waals surface area (Å²) in [6.07, 6.45) is 3.87. The minimum absolute atomic E-state index is 0.155. The first kappa shape index (κ1) is 22.1. The van der Waals surface area contributed by atoms with E-state index in [4.69, 9.17) is 11.5 Å². The summed E-state index contributed by atoms with van der Waals surface area (Å²) in [6, 6.07) is -1.67. The van der Waals surface area contributed by atoms with Crippen LogP contribution in [0.4, 0.5) is 0 Å². The molecule has 0 saturated heterocycles. The zero-order valence-corrected chi connectivity index (χ0v) is 16.0. The molecule has 0 aromatic rings. The highest BCUT2D eigenvalue weighted by atomic mass is 16.2. The summed E-state index contributed by atoms with van der Waals surface area (Å²) in [4.78, 5) is 49.9. The lowest BCUT2D eigenvalue weighted by Crippen LogP contribution is -2.56. The molecule has 1 saturated carbocycles. The van der Waals surface area contributed by atoms with E-state index in [2.05, 4.69) is 5.32 Å². The maximum atomic E-state index is 12.9. The molecule has 3 amide bonds. The largest absolute Gasteiger partial charge is 0.363 e. The molecule has 0 bridgehead atoms. The molecule has 0 heterocycles. The van der Waals surface area contributed by atoms with Gasteiger partial charge in [0.25, 0.3) is 5.91 Å². The predicted octanol–water partition coefficient (Wildman–Crippen LogP) is -0.0623. The molecule has 0 aliphatic heterocycles. The Kier molecular flexibility index (Phi) is 8.71. The van der Waals surface area contributed by atoms with Gasteiger partial charge in [-0.15, -0.1) is 0 Å². The number of rotatable bonds is 11. The molecular formula is C18H32N4O4. The van der Waals surface area contributed by atoms with E-state index >= 15 is 0 Å². The van der Waals surface area contributed by atoms with E-state index in [1.807, 2.05) is 13.8 Å². The third-order valence-electron chi connectivity index (χ3n) is 4.88. The van der Waals surface area contributed by atoms with Crippen molar-refractivity contribution in [3.63, 3.8) is 0 Å². The van der Waals surface area contributed by atoms with Gasteiger partial charge in [0.2, 0.25) is 17.6 Å².